The van der Waals surface area contributed by atoms with Crippen molar-refractivity contribution >= 4 is 16.5 Å². The van der Waals surface area contributed by atoms with E-state index in [0.717, 1.165) is 39.3 Å². The third-order valence-corrected chi connectivity index (χ3v) is 4.68. The summed E-state index contributed by atoms with van der Waals surface area (Å²) in [6, 6.07) is 0.372. The topological polar surface area (TPSA) is 41.5 Å². The summed E-state index contributed by atoms with van der Waals surface area (Å²) in [5, 5.41) is 6.41. The van der Waals surface area contributed by atoms with Crippen molar-refractivity contribution < 1.29 is 17.9 Å². The van der Waals surface area contributed by atoms with Crippen molar-refractivity contribution in [2.24, 2.45) is 0 Å². The van der Waals surface area contributed by atoms with Gasteiger partial charge in [-0.05, 0) is 6.42 Å². The van der Waals surface area contributed by atoms with Gasteiger partial charge >= 0.3 is 6.18 Å². The Balaban J connectivity index is 1.63. The van der Waals surface area contributed by atoms with E-state index in [1.54, 1.807) is 0 Å². The van der Waals surface area contributed by atoms with Crippen molar-refractivity contribution in [3.63, 3.8) is 0 Å². The van der Waals surface area contributed by atoms with Gasteiger partial charge in [-0.25, -0.2) is 0 Å². The van der Waals surface area contributed by atoms with Gasteiger partial charge in [0, 0.05) is 32.2 Å². The minimum Gasteiger partial charge on any atom is -0.379 e. The first-order valence-electron chi connectivity index (χ1n) is 6.51. The zero-order valence-corrected chi connectivity index (χ0v) is 11.6. The van der Waals surface area contributed by atoms with Crippen LogP contribution in [0.1, 0.15) is 11.4 Å². The van der Waals surface area contributed by atoms with E-state index in [1.807, 2.05) is 4.90 Å². The molecule has 1 aromatic rings. The molecule has 0 bridgehead atoms. The van der Waals surface area contributed by atoms with Gasteiger partial charge in [0.1, 0.15) is 0 Å². The number of ether oxygens (including phenoxy) is 1. The molecule has 1 unspecified atom stereocenters. The third-order valence-electron chi connectivity index (χ3n) is 3.65. The Kier molecular flexibility index (Phi) is 3.83. The summed E-state index contributed by atoms with van der Waals surface area (Å²) >= 11 is 0.621. The Morgan fingerprint density at radius 1 is 1.15 bits per heavy atom. The summed E-state index contributed by atoms with van der Waals surface area (Å²) in [6.07, 6.45) is -3.46. The van der Waals surface area contributed by atoms with Gasteiger partial charge in [-0.2, -0.15) is 13.2 Å². The molecule has 0 radical (unpaired) electrons. The van der Waals surface area contributed by atoms with Crippen LogP contribution in [0.15, 0.2) is 0 Å². The van der Waals surface area contributed by atoms with Crippen molar-refractivity contribution in [2.75, 3.05) is 44.3 Å². The molecule has 2 fully saturated rings. The lowest BCUT2D eigenvalue weighted by atomic mass is 10.2. The molecule has 2 aliphatic rings. The van der Waals surface area contributed by atoms with Crippen LogP contribution in [0.25, 0.3) is 0 Å². The Labute approximate surface area is 118 Å². The van der Waals surface area contributed by atoms with Crippen LogP contribution in [0.3, 0.4) is 0 Å². The van der Waals surface area contributed by atoms with Gasteiger partial charge in [-0.3, -0.25) is 4.90 Å². The molecule has 3 rings (SSSR count). The average Bonchev–Trinajstić information content (AvgIpc) is 3.08. The van der Waals surface area contributed by atoms with Crippen LogP contribution in [-0.4, -0.2) is 60.5 Å². The second-order valence-electron chi connectivity index (χ2n) is 4.92. The Morgan fingerprint density at radius 3 is 2.55 bits per heavy atom. The highest BCUT2D eigenvalue weighted by Gasteiger charge is 2.37. The first kappa shape index (κ1) is 14.0. The predicted molar refractivity (Wildman–Crippen MR) is 67.9 cm³/mol. The summed E-state index contributed by atoms with van der Waals surface area (Å²) < 4.78 is 42.9. The minimum atomic E-state index is -4.40. The molecule has 2 saturated heterocycles. The maximum absolute atomic E-state index is 12.5. The Hall–Kier alpha value is -0.930. The fraction of sp³-hybridized carbons (Fsp3) is 0.818. The van der Waals surface area contributed by atoms with Crippen molar-refractivity contribution in [1.82, 2.24) is 15.1 Å². The van der Waals surface area contributed by atoms with Gasteiger partial charge in [0.05, 0.1) is 13.2 Å². The third kappa shape index (κ3) is 2.89. The Morgan fingerprint density at radius 2 is 1.90 bits per heavy atom. The van der Waals surface area contributed by atoms with Gasteiger partial charge in [-0.1, -0.05) is 11.3 Å². The van der Waals surface area contributed by atoms with Gasteiger partial charge in [0.15, 0.2) is 0 Å². The van der Waals surface area contributed by atoms with Crippen LogP contribution in [-0.2, 0) is 10.9 Å². The first-order chi connectivity index (χ1) is 9.54. The highest BCUT2D eigenvalue weighted by atomic mass is 32.1. The molecule has 0 saturated carbocycles. The van der Waals surface area contributed by atoms with Gasteiger partial charge in [-0.15, -0.1) is 10.2 Å². The van der Waals surface area contributed by atoms with Crippen LogP contribution in [0.2, 0.25) is 0 Å². The maximum atomic E-state index is 12.5. The van der Waals surface area contributed by atoms with Crippen molar-refractivity contribution in [2.45, 2.75) is 18.6 Å². The molecule has 112 valence electrons. The second kappa shape index (κ2) is 5.45. The molecule has 0 amide bonds. The number of aromatic nitrogens is 2. The molecular formula is C11H15F3N4OS. The number of hydrogen-bond acceptors (Lipinski definition) is 6. The van der Waals surface area contributed by atoms with Crippen molar-refractivity contribution in [1.29, 1.82) is 0 Å². The van der Waals surface area contributed by atoms with E-state index in [4.69, 9.17) is 4.74 Å². The smallest absolute Gasteiger partial charge is 0.379 e. The fourth-order valence-electron chi connectivity index (χ4n) is 2.61. The first-order valence-corrected chi connectivity index (χ1v) is 7.33. The monoisotopic (exact) mass is 308 g/mol. The molecule has 1 aromatic heterocycles. The molecule has 1 atom stereocenters. The highest BCUT2D eigenvalue weighted by Crippen LogP contribution is 2.35. The number of rotatable bonds is 2. The quantitative estimate of drug-likeness (QED) is 0.827. The summed E-state index contributed by atoms with van der Waals surface area (Å²) in [6.45, 7) is 4.69. The van der Waals surface area contributed by atoms with Crippen LogP contribution >= 0.6 is 11.3 Å². The molecule has 0 aromatic carbocycles. The fourth-order valence-corrected chi connectivity index (χ4v) is 3.36. The number of hydrogen-bond donors (Lipinski definition) is 0. The zero-order chi connectivity index (χ0) is 14.2. The average molecular weight is 308 g/mol. The summed E-state index contributed by atoms with van der Waals surface area (Å²) in [5.41, 5.74) is 0. The highest BCUT2D eigenvalue weighted by molar-refractivity contribution is 7.15. The molecule has 2 aliphatic heterocycles. The summed E-state index contributed by atoms with van der Waals surface area (Å²) in [4.78, 5) is 4.24. The van der Waals surface area contributed by atoms with Crippen molar-refractivity contribution in [3.05, 3.63) is 5.01 Å². The molecule has 5 nitrogen and oxygen atoms in total. The second-order valence-corrected chi connectivity index (χ2v) is 5.88. The number of morpholine rings is 1. The predicted octanol–water partition coefficient (Wildman–Crippen LogP) is 1.47. The van der Waals surface area contributed by atoms with Gasteiger partial charge in [0.2, 0.25) is 10.1 Å². The van der Waals surface area contributed by atoms with Crippen LogP contribution in [0.5, 0.6) is 0 Å². The van der Waals surface area contributed by atoms with Crippen LogP contribution < -0.4 is 4.90 Å². The van der Waals surface area contributed by atoms with E-state index in [2.05, 4.69) is 15.1 Å². The lowest BCUT2D eigenvalue weighted by Gasteiger charge is -2.31. The number of halogens is 3. The van der Waals surface area contributed by atoms with Crippen LogP contribution in [0, 0.1) is 0 Å². The van der Waals surface area contributed by atoms with Crippen LogP contribution in [0.4, 0.5) is 18.3 Å². The maximum Gasteiger partial charge on any atom is 0.445 e. The molecular weight excluding hydrogens is 293 g/mol. The number of alkyl halides is 3. The number of anilines is 1. The van der Waals surface area contributed by atoms with E-state index in [9.17, 15) is 13.2 Å². The normalized spacial score (nSPS) is 25.4. The van der Waals surface area contributed by atoms with E-state index in [0.29, 0.717) is 29.1 Å². The minimum absolute atomic E-state index is 0.369. The molecule has 3 heterocycles. The van der Waals surface area contributed by atoms with Crippen molar-refractivity contribution in [3.8, 4) is 0 Å². The van der Waals surface area contributed by atoms with Gasteiger partial charge in [0.25, 0.3) is 0 Å². The lowest BCUT2D eigenvalue weighted by Crippen LogP contribution is -2.44. The van der Waals surface area contributed by atoms with E-state index >= 15 is 0 Å². The van der Waals surface area contributed by atoms with E-state index in [1.165, 1.54) is 0 Å². The van der Waals surface area contributed by atoms with E-state index < -0.39 is 11.2 Å². The summed E-state index contributed by atoms with van der Waals surface area (Å²) in [7, 11) is 0. The molecule has 20 heavy (non-hydrogen) atoms. The molecule has 0 spiro atoms. The largest absolute Gasteiger partial charge is 0.445 e. The number of nitrogens with zero attached hydrogens (tertiary/aromatic N) is 4. The lowest BCUT2D eigenvalue weighted by molar-refractivity contribution is -0.138. The molecule has 9 heteroatoms. The zero-order valence-electron chi connectivity index (χ0n) is 10.8. The van der Waals surface area contributed by atoms with E-state index in [-0.39, 0.29) is 0 Å². The summed E-state index contributed by atoms with van der Waals surface area (Å²) in [5.74, 6) is 0. The standard InChI is InChI=1S/C11H15F3N4OS/c12-11(13,14)9-15-16-10(20-9)18-2-1-8(7-18)17-3-5-19-6-4-17/h8H,1-7H2. The Bertz CT molecular complexity index is 461. The SMILES string of the molecule is FC(F)(F)c1nnc(N2CCC(N3CCOCC3)C2)s1. The molecule has 0 aliphatic carbocycles. The molecule has 0 N–H and O–H groups in total. The van der Waals surface area contributed by atoms with Gasteiger partial charge < -0.3 is 9.64 Å².